The number of halogens is 1. The molecule has 1 amide bonds. The van der Waals surface area contributed by atoms with Gasteiger partial charge in [-0.1, -0.05) is 5.10 Å². The number of rotatable bonds is 7. The maximum absolute atomic E-state index is 13.1. The summed E-state index contributed by atoms with van der Waals surface area (Å²) in [7, 11) is -4.25. The number of hydrogen-bond donors (Lipinski definition) is 1. The summed E-state index contributed by atoms with van der Waals surface area (Å²) in [4.78, 5) is 25.9. The van der Waals surface area contributed by atoms with E-state index in [1.165, 1.54) is 35.6 Å². The summed E-state index contributed by atoms with van der Waals surface area (Å²) in [6.07, 6.45) is 2.39. The minimum atomic E-state index is -4.25. The lowest BCUT2D eigenvalue weighted by molar-refractivity contribution is -0.113. The third-order valence-electron chi connectivity index (χ3n) is 4.74. The Morgan fingerprint density at radius 2 is 1.97 bits per heavy atom. The monoisotopic (exact) mass is 479 g/mol. The van der Waals surface area contributed by atoms with Crippen LogP contribution >= 0.6 is 11.3 Å². The quantitative estimate of drug-likeness (QED) is 0.512. The van der Waals surface area contributed by atoms with E-state index >= 15 is 0 Å². The van der Waals surface area contributed by atoms with Crippen LogP contribution in [0, 0.1) is 5.82 Å². The zero-order chi connectivity index (χ0) is 22.9. The number of amides is 1. The smallest absolute Gasteiger partial charge is 0.341 e. The number of hydrogen-bond acceptors (Lipinski definition) is 9. The third-order valence-corrected chi connectivity index (χ3v) is 7.29. The Labute approximate surface area is 186 Å². The number of nitrogens with one attached hydrogen (secondary N) is 1. The molecule has 0 atom stereocenters. The van der Waals surface area contributed by atoms with Gasteiger partial charge in [-0.15, -0.1) is 16.4 Å². The Balaban J connectivity index is 1.51. The van der Waals surface area contributed by atoms with Gasteiger partial charge in [0.1, 0.15) is 16.6 Å². The third kappa shape index (κ3) is 4.41. The first kappa shape index (κ1) is 22.1. The standard InChI is InChI=1S/C20H18FN3O6S2/c1-2-29-19(26)16-13-4-3-5-14(13)31-18(16)22-15(25)10-32(27,28)20-24-23-17(30-20)11-6-8-12(21)9-7-11/h6-9H,2-5,10H2,1H3,(H,22,25). The van der Waals surface area contributed by atoms with Crippen molar-refractivity contribution in [2.75, 3.05) is 17.7 Å². The average molecular weight is 480 g/mol. The Kier molecular flexibility index (Phi) is 6.07. The average Bonchev–Trinajstić information content (AvgIpc) is 3.44. The van der Waals surface area contributed by atoms with Gasteiger partial charge in [-0.3, -0.25) is 4.79 Å². The number of thiophene rings is 1. The van der Waals surface area contributed by atoms with Crippen molar-refractivity contribution in [2.45, 2.75) is 31.4 Å². The molecule has 0 fully saturated rings. The molecule has 1 N–H and O–H groups in total. The first-order chi connectivity index (χ1) is 15.3. The number of carbonyl (C=O) groups excluding carboxylic acids is 2. The Morgan fingerprint density at radius 1 is 1.22 bits per heavy atom. The molecule has 0 spiro atoms. The van der Waals surface area contributed by atoms with Crippen molar-refractivity contribution >= 4 is 38.1 Å². The van der Waals surface area contributed by atoms with Gasteiger partial charge in [-0.25, -0.2) is 17.6 Å². The Morgan fingerprint density at radius 3 is 2.69 bits per heavy atom. The van der Waals surface area contributed by atoms with Crippen LogP contribution in [0.3, 0.4) is 0 Å². The molecule has 168 valence electrons. The lowest BCUT2D eigenvalue weighted by Gasteiger charge is -2.07. The minimum Gasteiger partial charge on any atom is -0.462 e. The first-order valence-electron chi connectivity index (χ1n) is 9.72. The maximum Gasteiger partial charge on any atom is 0.341 e. The summed E-state index contributed by atoms with van der Waals surface area (Å²) in [5.74, 6) is -2.95. The largest absolute Gasteiger partial charge is 0.462 e. The van der Waals surface area contributed by atoms with Crippen LogP contribution in [0.1, 0.15) is 34.1 Å². The zero-order valence-corrected chi connectivity index (χ0v) is 18.5. The van der Waals surface area contributed by atoms with Crippen LogP contribution in [0.5, 0.6) is 0 Å². The number of aryl methyl sites for hydroxylation is 1. The highest BCUT2D eigenvalue weighted by atomic mass is 32.2. The molecule has 0 aliphatic heterocycles. The van der Waals surface area contributed by atoms with Crippen molar-refractivity contribution in [1.29, 1.82) is 0 Å². The molecule has 1 aliphatic rings. The number of anilines is 1. The molecule has 0 bridgehead atoms. The second-order valence-corrected chi connectivity index (χ2v) is 9.94. The molecule has 0 saturated heterocycles. The SMILES string of the molecule is CCOC(=O)c1c(NC(=O)CS(=O)(=O)c2nnc(-c3ccc(F)cc3)o2)sc2c1CCC2. The van der Waals surface area contributed by atoms with Crippen LogP contribution < -0.4 is 5.32 Å². The fourth-order valence-corrected chi connectivity index (χ4v) is 5.56. The molecule has 3 aromatic rings. The molecular weight excluding hydrogens is 461 g/mol. The molecule has 2 heterocycles. The molecule has 2 aromatic heterocycles. The number of ether oxygens (including phenoxy) is 1. The molecule has 1 aromatic carbocycles. The van der Waals surface area contributed by atoms with Crippen molar-refractivity contribution < 1.29 is 31.6 Å². The van der Waals surface area contributed by atoms with Crippen LogP contribution in [0.25, 0.3) is 11.5 Å². The van der Waals surface area contributed by atoms with E-state index in [2.05, 4.69) is 15.5 Å². The summed E-state index contributed by atoms with van der Waals surface area (Å²) in [5.41, 5.74) is 1.45. The summed E-state index contributed by atoms with van der Waals surface area (Å²) in [5, 5.41) is 9.22. The summed E-state index contributed by atoms with van der Waals surface area (Å²) in [6.45, 7) is 1.86. The topological polar surface area (TPSA) is 128 Å². The molecule has 0 saturated carbocycles. The molecule has 12 heteroatoms. The first-order valence-corrected chi connectivity index (χ1v) is 12.2. The fraction of sp³-hybridized carbons (Fsp3) is 0.300. The molecule has 0 radical (unpaired) electrons. The Hall–Kier alpha value is -3.12. The number of fused-ring (bicyclic) bond motifs is 1. The van der Waals surface area contributed by atoms with Crippen LogP contribution in [-0.2, 0) is 32.2 Å². The minimum absolute atomic E-state index is 0.122. The lowest BCUT2D eigenvalue weighted by Crippen LogP contribution is -2.24. The maximum atomic E-state index is 13.1. The van der Waals surface area contributed by atoms with E-state index in [9.17, 15) is 22.4 Å². The summed E-state index contributed by atoms with van der Waals surface area (Å²) >= 11 is 1.25. The normalized spacial score (nSPS) is 13.1. The van der Waals surface area contributed by atoms with Crippen molar-refractivity contribution in [2.24, 2.45) is 0 Å². The van der Waals surface area contributed by atoms with Gasteiger partial charge in [0.25, 0.3) is 0 Å². The van der Waals surface area contributed by atoms with Gasteiger partial charge >= 0.3 is 11.2 Å². The van der Waals surface area contributed by atoms with E-state index in [1.807, 2.05) is 0 Å². The van der Waals surface area contributed by atoms with E-state index in [4.69, 9.17) is 9.15 Å². The van der Waals surface area contributed by atoms with Crippen molar-refractivity contribution in [3.05, 3.63) is 46.1 Å². The molecule has 4 rings (SSSR count). The fourth-order valence-electron chi connectivity index (χ4n) is 3.35. The lowest BCUT2D eigenvalue weighted by atomic mass is 10.1. The zero-order valence-electron chi connectivity index (χ0n) is 16.9. The summed E-state index contributed by atoms with van der Waals surface area (Å²) in [6, 6.07) is 5.05. The van der Waals surface area contributed by atoms with Gasteiger partial charge in [-0.05, 0) is 56.0 Å². The van der Waals surface area contributed by atoms with Crippen LogP contribution in [0.2, 0.25) is 0 Å². The van der Waals surface area contributed by atoms with Crippen molar-refractivity contribution in [3.8, 4) is 11.5 Å². The van der Waals surface area contributed by atoms with Gasteiger partial charge in [0.15, 0.2) is 0 Å². The Bertz CT molecular complexity index is 1280. The number of esters is 1. The summed E-state index contributed by atoms with van der Waals surface area (Å²) < 4.78 is 48.5. The number of aromatic nitrogens is 2. The number of benzene rings is 1. The number of sulfone groups is 1. The molecule has 32 heavy (non-hydrogen) atoms. The van der Waals surface area contributed by atoms with Gasteiger partial charge in [0.2, 0.25) is 21.6 Å². The molecular formula is C20H18FN3O6S2. The van der Waals surface area contributed by atoms with Crippen LogP contribution in [0.4, 0.5) is 9.39 Å². The van der Waals surface area contributed by atoms with Gasteiger partial charge < -0.3 is 14.5 Å². The van der Waals surface area contributed by atoms with Crippen LogP contribution in [0.15, 0.2) is 33.9 Å². The second-order valence-electron chi connectivity index (χ2n) is 6.97. The van der Waals surface area contributed by atoms with Crippen molar-refractivity contribution in [1.82, 2.24) is 10.2 Å². The van der Waals surface area contributed by atoms with Crippen LogP contribution in [-0.4, -0.2) is 42.9 Å². The van der Waals surface area contributed by atoms with Crippen molar-refractivity contribution in [3.63, 3.8) is 0 Å². The van der Waals surface area contributed by atoms with E-state index in [0.29, 0.717) is 12.0 Å². The molecule has 1 aliphatic carbocycles. The van der Waals surface area contributed by atoms with E-state index in [0.717, 1.165) is 23.3 Å². The highest BCUT2D eigenvalue weighted by Gasteiger charge is 2.31. The van der Waals surface area contributed by atoms with E-state index in [1.54, 1.807) is 6.92 Å². The van der Waals surface area contributed by atoms with Gasteiger partial charge in [-0.2, -0.15) is 0 Å². The second kappa shape index (κ2) is 8.79. The molecule has 9 nitrogen and oxygen atoms in total. The molecule has 0 unspecified atom stereocenters. The van der Waals surface area contributed by atoms with E-state index in [-0.39, 0.29) is 23.1 Å². The predicted molar refractivity (Wildman–Crippen MR) is 113 cm³/mol. The highest BCUT2D eigenvalue weighted by Crippen LogP contribution is 2.39. The number of carbonyl (C=O) groups is 2. The van der Waals surface area contributed by atoms with E-state index < -0.39 is 38.5 Å². The number of nitrogens with zero attached hydrogens (tertiary/aromatic N) is 2. The highest BCUT2D eigenvalue weighted by molar-refractivity contribution is 7.91. The van der Waals surface area contributed by atoms with Gasteiger partial charge in [0, 0.05) is 10.4 Å². The predicted octanol–water partition coefficient (Wildman–Crippen LogP) is 3.02. The van der Waals surface area contributed by atoms with Gasteiger partial charge in [0.05, 0.1) is 12.2 Å².